The molecule has 1 fully saturated rings. The average molecular weight is 134 g/mol. The van der Waals surface area contributed by atoms with E-state index < -0.39 is 5.92 Å². The van der Waals surface area contributed by atoms with Crippen LogP contribution >= 0.6 is 0 Å². The minimum atomic E-state index is -2.34. The van der Waals surface area contributed by atoms with Crippen molar-refractivity contribution in [1.29, 1.82) is 0 Å². The summed E-state index contributed by atoms with van der Waals surface area (Å²) in [5.41, 5.74) is 0. The number of hydrogen-bond donors (Lipinski definition) is 0. The summed E-state index contributed by atoms with van der Waals surface area (Å²) < 4.78 is 24.9. The number of rotatable bonds is 1. The molecule has 0 nitrogen and oxygen atoms in total. The third-order valence-corrected chi connectivity index (χ3v) is 2.14. The van der Waals surface area contributed by atoms with E-state index in [1.165, 1.54) is 0 Å². The molecule has 0 N–H and O–H groups in total. The Morgan fingerprint density at radius 2 is 2.00 bits per heavy atom. The minimum absolute atomic E-state index is 0.107. The quantitative estimate of drug-likeness (QED) is 0.517. The van der Waals surface area contributed by atoms with E-state index in [9.17, 15) is 8.78 Å². The molecule has 0 bridgehead atoms. The zero-order valence-electron chi connectivity index (χ0n) is 5.82. The van der Waals surface area contributed by atoms with Gasteiger partial charge >= 0.3 is 0 Å². The molecule has 1 saturated carbocycles. The van der Waals surface area contributed by atoms with Gasteiger partial charge in [0.25, 0.3) is 5.92 Å². The second-order valence-electron chi connectivity index (χ2n) is 3.15. The highest BCUT2D eigenvalue weighted by atomic mass is 19.3. The van der Waals surface area contributed by atoms with Crippen molar-refractivity contribution in [3.63, 3.8) is 0 Å². The Balaban J connectivity index is 2.45. The standard InChI is InChI=1S/C7H12F2/c1-5(2)6-3-4-7(6,8)9/h5-6H,3-4H2,1-2H3/t6-/m0/s1. The monoisotopic (exact) mass is 134 g/mol. The van der Waals surface area contributed by atoms with Crippen molar-refractivity contribution in [3.05, 3.63) is 0 Å². The molecule has 54 valence electrons. The van der Waals surface area contributed by atoms with Crippen LogP contribution in [-0.2, 0) is 0 Å². The summed E-state index contributed by atoms with van der Waals surface area (Å²) in [5, 5.41) is 0. The van der Waals surface area contributed by atoms with Gasteiger partial charge in [0.15, 0.2) is 0 Å². The maximum absolute atomic E-state index is 12.5. The molecule has 0 aromatic carbocycles. The van der Waals surface area contributed by atoms with E-state index in [1.807, 2.05) is 13.8 Å². The number of halogens is 2. The fourth-order valence-corrected chi connectivity index (χ4v) is 1.35. The Morgan fingerprint density at radius 1 is 1.44 bits per heavy atom. The number of hydrogen-bond acceptors (Lipinski definition) is 0. The summed E-state index contributed by atoms with van der Waals surface area (Å²) in [6.07, 6.45) is 0.820. The molecule has 1 aliphatic rings. The fourth-order valence-electron chi connectivity index (χ4n) is 1.35. The van der Waals surface area contributed by atoms with Crippen LogP contribution in [0.1, 0.15) is 26.7 Å². The van der Waals surface area contributed by atoms with Crippen molar-refractivity contribution in [1.82, 2.24) is 0 Å². The highest BCUT2D eigenvalue weighted by Crippen LogP contribution is 2.47. The van der Waals surface area contributed by atoms with Gasteiger partial charge in [0.2, 0.25) is 0 Å². The smallest absolute Gasteiger partial charge is 0.207 e. The Morgan fingerprint density at radius 3 is 2.00 bits per heavy atom. The van der Waals surface area contributed by atoms with Crippen LogP contribution in [-0.4, -0.2) is 5.92 Å². The van der Waals surface area contributed by atoms with Gasteiger partial charge in [0.05, 0.1) is 0 Å². The molecule has 0 aliphatic heterocycles. The van der Waals surface area contributed by atoms with E-state index in [0.717, 1.165) is 0 Å². The molecule has 0 amide bonds. The van der Waals surface area contributed by atoms with Crippen molar-refractivity contribution in [3.8, 4) is 0 Å². The molecule has 1 rings (SSSR count). The Bertz CT molecular complexity index is 107. The molecule has 0 radical (unpaired) electrons. The van der Waals surface area contributed by atoms with Gasteiger partial charge in [0.1, 0.15) is 0 Å². The van der Waals surface area contributed by atoms with Gasteiger partial charge < -0.3 is 0 Å². The maximum Gasteiger partial charge on any atom is 0.251 e. The first kappa shape index (κ1) is 6.97. The topological polar surface area (TPSA) is 0 Å². The maximum atomic E-state index is 12.5. The molecule has 0 spiro atoms. The second kappa shape index (κ2) is 1.93. The van der Waals surface area contributed by atoms with E-state index in [2.05, 4.69) is 0 Å². The van der Waals surface area contributed by atoms with Crippen LogP contribution in [0.25, 0.3) is 0 Å². The van der Waals surface area contributed by atoms with Crippen molar-refractivity contribution in [2.45, 2.75) is 32.6 Å². The largest absolute Gasteiger partial charge is 0.251 e. The lowest BCUT2D eigenvalue weighted by Crippen LogP contribution is -2.41. The van der Waals surface area contributed by atoms with Gasteiger partial charge in [-0.15, -0.1) is 0 Å². The zero-order valence-corrected chi connectivity index (χ0v) is 5.82. The predicted octanol–water partition coefficient (Wildman–Crippen LogP) is 2.69. The lowest BCUT2D eigenvalue weighted by Gasteiger charge is -2.38. The summed E-state index contributed by atoms with van der Waals surface area (Å²) in [5.74, 6) is -2.53. The summed E-state index contributed by atoms with van der Waals surface area (Å²) in [6.45, 7) is 3.72. The van der Waals surface area contributed by atoms with Crippen LogP contribution in [0, 0.1) is 11.8 Å². The van der Waals surface area contributed by atoms with Gasteiger partial charge in [0, 0.05) is 12.3 Å². The third kappa shape index (κ3) is 1.07. The molecule has 2 heteroatoms. The molecule has 9 heavy (non-hydrogen) atoms. The normalized spacial score (nSPS) is 32.3. The molecule has 1 aliphatic carbocycles. The van der Waals surface area contributed by atoms with E-state index in [1.54, 1.807) is 0 Å². The van der Waals surface area contributed by atoms with Gasteiger partial charge in [-0.3, -0.25) is 0 Å². The summed E-state index contributed by atoms with van der Waals surface area (Å²) in [6, 6.07) is 0. The first-order valence-electron chi connectivity index (χ1n) is 3.42. The number of alkyl halides is 2. The molecular weight excluding hydrogens is 122 g/mol. The van der Waals surface area contributed by atoms with E-state index in [4.69, 9.17) is 0 Å². The highest BCUT2D eigenvalue weighted by molar-refractivity contribution is 4.89. The van der Waals surface area contributed by atoms with Crippen molar-refractivity contribution in [2.75, 3.05) is 0 Å². The molecule has 0 aromatic heterocycles. The first-order valence-corrected chi connectivity index (χ1v) is 3.42. The molecule has 0 saturated heterocycles. The van der Waals surface area contributed by atoms with Gasteiger partial charge in [-0.25, -0.2) is 8.78 Å². The van der Waals surface area contributed by atoms with Crippen molar-refractivity contribution >= 4 is 0 Å². The van der Waals surface area contributed by atoms with Gasteiger partial charge in [-0.1, -0.05) is 13.8 Å². The summed E-state index contributed by atoms with van der Waals surface area (Å²) >= 11 is 0. The zero-order chi connectivity index (χ0) is 7.07. The van der Waals surface area contributed by atoms with Gasteiger partial charge in [-0.2, -0.15) is 0 Å². The highest BCUT2D eigenvalue weighted by Gasteiger charge is 2.49. The van der Waals surface area contributed by atoms with Crippen molar-refractivity contribution < 1.29 is 8.78 Å². The van der Waals surface area contributed by atoms with Crippen LogP contribution in [0.5, 0.6) is 0 Å². The Hall–Kier alpha value is -0.140. The second-order valence-corrected chi connectivity index (χ2v) is 3.15. The third-order valence-electron chi connectivity index (χ3n) is 2.14. The fraction of sp³-hybridized carbons (Fsp3) is 1.00. The first-order chi connectivity index (χ1) is 4.04. The Labute approximate surface area is 54.3 Å². The van der Waals surface area contributed by atoms with Crippen molar-refractivity contribution in [2.24, 2.45) is 11.8 Å². The molecule has 0 aromatic rings. The summed E-state index contributed by atoms with van der Waals surface area (Å²) in [4.78, 5) is 0. The average Bonchev–Trinajstić information content (AvgIpc) is 1.62. The SMILES string of the molecule is CC(C)[C@@H]1CCC1(F)F. The van der Waals surface area contributed by atoms with Crippen LogP contribution < -0.4 is 0 Å². The lowest BCUT2D eigenvalue weighted by atomic mass is 9.74. The Kier molecular flexibility index (Phi) is 1.49. The van der Waals surface area contributed by atoms with Gasteiger partial charge in [-0.05, 0) is 12.3 Å². The van der Waals surface area contributed by atoms with E-state index >= 15 is 0 Å². The predicted molar refractivity (Wildman–Crippen MR) is 32.5 cm³/mol. The van der Waals surface area contributed by atoms with Crippen LogP contribution in [0.3, 0.4) is 0 Å². The summed E-state index contributed by atoms with van der Waals surface area (Å²) in [7, 11) is 0. The lowest BCUT2D eigenvalue weighted by molar-refractivity contribution is -0.148. The van der Waals surface area contributed by atoms with Crippen LogP contribution in [0.2, 0.25) is 0 Å². The minimum Gasteiger partial charge on any atom is -0.207 e. The van der Waals surface area contributed by atoms with Crippen LogP contribution in [0.4, 0.5) is 8.78 Å². The molecule has 0 unspecified atom stereocenters. The molecular formula is C7H12F2. The van der Waals surface area contributed by atoms with E-state index in [0.29, 0.717) is 6.42 Å². The van der Waals surface area contributed by atoms with E-state index in [-0.39, 0.29) is 18.3 Å². The molecule has 1 atom stereocenters. The molecule has 0 heterocycles. The van der Waals surface area contributed by atoms with Crippen LogP contribution in [0.15, 0.2) is 0 Å².